The lowest BCUT2D eigenvalue weighted by atomic mass is 10.2. The first-order valence-electron chi connectivity index (χ1n) is 7.47. The predicted octanol–water partition coefficient (Wildman–Crippen LogP) is 5.92. The topological polar surface area (TPSA) is 74.8 Å². The molecule has 3 rings (SSSR count). The second-order valence-electron chi connectivity index (χ2n) is 5.21. The van der Waals surface area contributed by atoms with E-state index in [9.17, 15) is 9.90 Å². The molecule has 9 heteroatoms. The number of hydrogen-bond acceptors (Lipinski definition) is 5. The van der Waals surface area contributed by atoms with E-state index in [1.165, 1.54) is 24.0 Å². The number of amides is 1. The fraction of sp³-hybridized carbons (Fsp3) is 0. The molecule has 0 unspecified atom stereocenters. The second-order valence-corrected chi connectivity index (χ2v) is 8.70. The smallest absolute Gasteiger partial charge is 0.271 e. The third-order valence-electron chi connectivity index (χ3n) is 3.26. The van der Waals surface area contributed by atoms with Crippen molar-refractivity contribution in [2.24, 2.45) is 5.10 Å². The quantitative estimate of drug-likeness (QED) is 0.224. The summed E-state index contributed by atoms with van der Waals surface area (Å²) in [6.45, 7) is 0. The van der Waals surface area contributed by atoms with E-state index in [4.69, 9.17) is 16.0 Å². The molecule has 1 aromatic heterocycles. The van der Waals surface area contributed by atoms with Crippen molar-refractivity contribution >= 4 is 74.0 Å². The standard InChI is InChI=1S/C18H11BrClIN2O3S/c19-14-8-12(26-18(14)27-13-4-2-11(20)3-5-13)9-22-23-17(25)10-1-6-15(21)16(24)7-10/h1-9,24H,(H,23,25)/b22-9-. The Balaban J connectivity index is 1.64. The average molecular weight is 578 g/mol. The number of nitrogens with one attached hydrogen (secondary N) is 1. The van der Waals surface area contributed by atoms with Crippen LogP contribution in [0.25, 0.3) is 0 Å². The van der Waals surface area contributed by atoms with Crippen molar-refractivity contribution < 1.29 is 14.3 Å². The van der Waals surface area contributed by atoms with Gasteiger partial charge in [0.2, 0.25) is 0 Å². The Morgan fingerprint density at radius 1 is 1.26 bits per heavy atom. The summed E-state index contributed by atoms with van der Waals surface area (Å²) in [7, 11) is 0. The number of hydrogen-bond donors (Lipinski definition) is 2. The third kappa shape index (κ3) is 5.50. The Labute approximate surface area is 186 Å². The minimum Gasteiger partial charge on any atom is -0.507 e. The molecular formula is C18H11BrClIN2O3S. The molecule has 2 aromatic carbocycles. The van der Waals surface area contributed by atoms with Crippen LogP contribution in [0.4, 0.5) is 0 Å². The summed E-state index contributed by atoms with van der Waals surface area (Å²) in [5.41, 5.74) is 2.71. The maximum atomic E-state index is 12.0. The molecule has 0 saturated carbocycles. The van der Waals surface area contributed by atoms with E-state index in [0.717, 1.165) is 9.37 Å². The third-order valence-corrected chi connectivity index (χ3v) is 6.28. The van der Waals surface area contributed by atoms with Gasteiger partial charge in [0.1, 0.15) is 11.5 Å². The van der Waals surface area contributed by atoms with E-state index < -0.39 is 5.91 Å². The predicted molar refractivity (Wildman–Crippen MR) is 118 cm³/mol. The SMILES string of the molecule is O=C(N/N=C\c1cc(Br)c(Sc2ccc(Cl)cc2)o1)c1ccc(I)c(O)c1. The van der Waals surface area contributed by atoms with Crippen molar-refractivity contribution in [1.29, 1.82) is 0 Å². The minimum atomic E-state index is -0.431. The summed E-state index contributed by atoms with van der Waals surface area (Å²) in [4.78, 5) is 13.0. The first-order valence-corrected chi connectivity index (χ1v) is 10.5. The number of phenolic OH excluding ortho intramolecular Hbond substituents is 1. The van der Waals surface area contributed by atoms with Crippen molar-refractivity contribution in [3.63, 3.8) is 0 Å². The van der Waals surface area contributed by atoms with Crippen LogP contribution in [0.15, 0.2) is 72.5 Å². The van der Waals surface area contributed by atoms with Crippen molar-refractivity contribution in [2.75, 3.05) is 0 Å². The van der Waals surface area contributed by atoms with Gasteiger partial charge in [-0.3, -0.25) is 4.79 Å². The summed E-state index contributed by atoms with van der Waals surface area (Å²) in [6, 6.07) is 13.8. The normalized spacial score (nSPS) is 11.1. The number of carbonyl (C=O) groups excluding carboxylic acids is 1. The molecule has 0 saturated heterocycles. The highest BCUT2D eigenvalue weighted by atomic mass is 127. The Morgan fingerprint density at radius 3 is 2.70 bits per heavy atom. The molecule has 0 aliphatic heterocycles. The number of furan rings is 1. The molecule has 0 spiro atoms. The van der Waals surface area contributed by atoms with Crippen LogP contribution < -0.4 is 5.43 Å². The van der Waals surface area contributed by atoms with Crippen LogP contribution in [0.1, 0.15) is 16.1 Å². The zero-order chi connectivity index (χ0) is 19.4. The number of aromatic hydroxyl groups is 1. The molecule has 27 heavy (non-hydrogen) atoms. The lowest BCUT2D eigenvalue weighted by molar-refractivity contribution is 0.0954. The highest BCUT2D eigenvalue weighted by Gasteiger charge is 2.11. The molecule has 0 fully saturated rings. The van der Waals surface area contributed by atoms with Crippen LogP contribution in [-0.4, -0.2) is 17.2 Å². The van der Waals surface area contributed by atoms with Gasteiger partial charge in [0.05, 0.1) is 14.3 Å². The van der Waals surface area contributed by atoms with E-state index in [1.54, 1.807) is 30.3 Å². The summed E-state index contributed by atoms with van der Waals surface area (Å²) in [6.07, 6.45) is 1.40. The molecule has 0 aliphatic carbocycles. The van der Waals surface area contributed by atoms with Gasteiger partial charge in [0, 0.05) is 21.5 Å². The van der Waals surface area contributed by atoms with Gasteiger partial charge in [-0.05, 0) is 81.0 Å². The number of halogens is 3. The summed E-state index contributed by atoms with van der Waals surface area (Å²) in [5.74, 6) is 0.0921. The summed E-state index contributed by atoms with van der Waals surface area (Å²) in [5, 5.41) is 14.9. The van der Waals surface area contributed by atoms with E-state index in [-0.39, 0.29) is 5.75 Å². The molecule has 2 N–H and O–H groups in total. The van der Waals surface area contributed by atoms with Gasteiger partial charge >= 0.3 is 0 Å². The number of benzene rings is 2. The minimum absolute atomic E-state index is 0.0473. The van der Waals surface area contributed by atoms with Crippen LogP contribution in [0.5, 0.6) is 5.75 Å². The van der Waals surface area contributed by atoms with E-state index >= 15 is 0 Å². The van der Waals surface area contributed by atoms with Crippen LogP contribution in [0.2, 0.25) is 5.02 Å². The maximum Gasteiger partial charge on any atom is 0.271 e. The second kappa shape index (κ2) is 9.13. The van der Waals surface area contributed by atoms with Crippen LogP contribution in [-0.2, 0) is 0 Å². The fourth-order valence-corrected chi connectivity index (χ4v) is 3.78. The summed E-state index contributed by atoms with van der Waals surface area (Å²) >= 11 is 12.7. The Kier molecular flexibility index (Phi) is 6.85. The largest absolute Gasteiger partial charge is 0.507 e. The van der Waals surface area contributed by atoms with Crippen LogP contribution >= 0.6 is 61.9 Å². The Morgan fingerprint density at radius 2 is 2.00 bits per heavy atom. The van der Waals surface area contributed by atoms with Crippen LogP contribution in [0.3, 0.4) is 0 Å². The lowest BCUT2D eigenvalue weighted by Gasteiger charge is -2.01. The van der Waals surface area contributed by atoms with Crippen molar-refractivity contribution in [2.45, 2.75) is 9.99 Å². The molecule has 0 bridgehead atoms. The van der Waals surface area contributed by atoms with Gasteiger partial charge in [0.25, 0.3) is 5.91 Å². The first kappa shape index (κ1) is 20.2. The van der Waals surface area contributed by atoms with Gasteiger partial charge < -0.3 is 9.52 Å². The van der Waals surface area contributed by atoms with Gasteiger partial charge in [-0.2, -0.15) is 5.10 Å². The number of rotatable bonds is 5. The Hall–Kier alpha value is -1.49. The molecule has 1 amide bonds. The molecule has 138 valence electrons. The molecule has 0 radical (unpaired) electrons. The Bertz CT molecular complexity index is 1010. The molecule has 0 atom stereocenters. The van der Waals surface area contributed by atoms with Crippen LogP contribution in [0, 0.1) is 3.57 Å². The van der Waals surface area contributed by atoms with Crippen molar-refractivity contribution in [3.05, 3.63) is 72.9 Å². The average Bonchev–Trinajstić information content (AvgIpc) is 2.98. The highest BCUT2D eigenvalue weighted by Crippen LogP contribution is 2.35. The molecule has 0 aliphatic rings. The first-order chi connectivity index (χ1) is 12.9. The number of phenols is 1. The molecule has 5 nitrogen and oxygen atoms in total. The number of carbonyl (C=O) groups is 1. The van der Waals surface area contributed by atoms with Gasteiger partial charge in [-0.1, -0.05) is 23.4 Å². The number of hydrazone groups is 1. The maximum absolute atomic E-state index is 12.0. The molecule has 1 heterocycles. The highest BCUT2D eigenvalue weighted by molar-refractivity contribution is 14.1. The van der Waals surface area contributed by atoms with Gasteiger partial charge in [0.15, 0.2) is 5.09 Å². The lowest BCUT2D eigenvalue weighted by Crippen LogP contribution is -2.17. The van der Waals surface area contributed by atoms with Crippen molar-refractivity contribution in [1.82, 2.24) is 5.43 Å². The van der Waals surface area contributed by atoms with E-state index in [1.807, 2.05) is 34.7 Å². The monoisotopic (exact) mass is 576 g/mol. The molecular weight excluding hydrogens is 567 g/mol. The van der Waals surface area contributed by atoms with Crippen molar-refractivity contribution in [3.8, 4) is 5.75 Å². The zero-order valence-electron chi connectivity index (χ0n) is 13.4. The number of nitrogens with zero attached hydrogens (tertiary/aromatic N) is 1. The van der Waals surface area contributed by atoms with Gasteiger partial charge in [-0.15, -0.1) is 0 Å². The van der Waals surface area contributed by atoms with E-state index in [2.05, 4.69) is 26.5 Å². The summed E-state index contributed by atoms with van der Waals surface area (Å²) < 4.78 is 7.15. The molecule has 3 aromatic rings. The zero-order valence-corrected chi connectivity index (χ0v) is 18.8. The van der Waals surface area contributed by atoms with Gasteiger partial charge in [-0.25, -0.2) is 5.43 Å². The van der Waals surface area contributed by atoms with E-state index in [0.29, 0.717) is 25.0 Å². The fourth-order valence-electron chi connectivity index (χ4n) is 1.98.